The van der Waals surface area contributed by atoms with E-state index in [9.17, 15) is 4.79 Å². The molecule has 0 aromatic carbocycles. The van der Waals surface area contributed by atoms with Crippen LogP contribution in [0, 0.1) is 0 Å². The monoisotopic (exact) mass is 141 g/mol. The average molecular weight is 141 g/mol. The molecule has 0 saturated carbocycles. The fourth-order valence-electron chi connectivity index (χ4n) is 0.545. The van der Waals surface area contributed by atoms with Crippen molar-refractivity contribution in [2.24, 2.45) is 0 Å². The zero-order valence-electron chi connectivity index (χ0n) is 5.46. The van der Waals surface area contributed by atoms with Crippen LogP contribution in [0.15, 0.2) is 23.0 Å². The van der Waals surface area contributed by atoms with Gasteiger partial charge in [0.2, 0.25) is 0 Å². The van der Waals surface area contributed by atoms with Crippen molar-refractivity contribution in [3.63, 3.8) is 0 Å². The van der Waals surface area contributed by atoms with Crippen molar-refractivity contribution in [2.45, 2.75) is 0 Å². The zero-order chi connectivity index (χ0) is 7.40. The second-order valence-electron chi connectivity index (χ2n) is 1.65. The van der Waals surface area contributed by atoms with Crippen LogP contribution in [0.2, 0.25) is 0 Å². The molecular weight excluding hydrogens is 134 g/mol. The zero-order valence-corrected chi connectivity index (χ0v) is 5.46. The third kappa shape index (κ3) is 1.35. The number of hydroxylamine groups is 1. The summed E-state index contributed by atoms with van der Waals surface area (Å²) >= 11 is 0. The highest BCUT2D eigenvalue weighted by Crippen LogP contribution is 1.98. The van der Waals surface area contributed by atoms with Gasteiger partial charge in [-0.25, -0.2) is 5.48 Å². The molecule has 0 aliphatic heterocycles. The summed E-state index contributed by atoms with van der Waals surface area (Å²) in [7, 11) is 1.37. The molecule has 0 saturated heterocycles. The Kier molecular flexibility index (Phi) is 2.07. The molecule has 1 aromatic rings. The molecule has 4 heteroatoms. The Bertz CT molecular complexity index is 205. The standard InChI is InChI=1S/C6H7NO3/c1-9-7-6(8)5-2-3-10-4-5/h2-4H,1H3,(H,7,8). The fourth-order valence-corrected chi connectivity index (χ4v) is 0.545. The van der Waals surface area contributed by atoms with E-state index in [4.69, 9.17) is 0 Å². The maximum absolute atomic E-state index is 10.8. The number of furan rings is 1. The Morgan fingerprint density at radius 2 is 2.60 bits per heavy atom. The lowest BCUT2D eigenvalue weighted by atomic mass is 10.3. The van der Waals surface area contributed by atoms with Crippen LogP contribution in [0.1, 0.15) is 10.4 Å². The quantitative estimate of drug-likeness (QED) is 0.612. The van der Waals surface area contributed by atoms with E-state index < -0.39 is 0 Å². The third-order valence-electron chi connectivity index (χ3n) is 0.978. The van der Waals surface area contributed by atoms with Crippen LogP contribution >= 0.6 is 0 Å². The Hall–Kier alpha value is -1.29. The van der Waals surface area contributed by atoms with Gasteiger partial charge in [-0.2, -0.15) is 0 Å². The number of rotatable bonds is 2. The molecule has 0 unspecified atom stereocenters. The molecule has 0 aliphatic carbocycles. The van der Waals surface area contributed by atoms with Gasteiger partial charge in [0.25, 0.3) is 5.91 Å². The fraction of sp³-hybridized carbons (Fsp3) is 0.167. The first-order chi connectivity index (χ1) is 4.84. The molecule has 1 heterocycles. The Morgan fingerprint density at radius 1 is 1.80 bits per heavy atom. The predicted octanol–water partition coefficient (Wildman–Crippen LogP) is 0.571. The second kappa shape index (κ2) is 3.03. The van der Waals surface area contributed by atoms with E-state index in [1.165, 1.54) is 19.6 Å². The summed E-state index contributed by atoms with van der Waals surface area (Å²) in [5, 5.41) is 0. The SMILES string of the molecule is CONC(=O)c1ccoc1. The molecule has 0 spiro atoms. The van der Waals surface area contributed by atoms with Gasteiger partial charge in [0.15, 0.2) is 0 Å². The van der Waals surface area contributed by atoms with Crippen molar-refractivity contribution < 1.29 is 14.0 Å². The average Bonchev–Trinajstić information content (AvgIpc) is 2.38. The molecule has 0 aliphatic rings. The highest BCUT2D eigenvalue weighted by Gasteiger charge is 2.03. The molecule has 1 aromatic heterocycles. The van der Waals surface area contributed by atoms with Gasteiger partial charge in [-0.1, -0.05) is 0 Å². The lowest BCUT2D eigenvalue weighted by Crippen LogP contribution is -2.20. The maximum Gasteiger partial charge on any atom is 0.278 e. The van der Waals surface area contributed by atoms with Crippen molar-refractivity contribution in [3.8, 4) is 0 Å². The normalized spacial score (nSPS) is 9.30. The van der Waals surface area contributed by atoms with Gasteiger partial charge in [-0.3, -0.25) is 9.63 Å². The van der Waals surface area contributed by atoms with Gasteiger partial charge in [0, 0.05) is 0 Å². The second-order valence-corrected chi connectivity index (χ2v) is 1.65. The van der Waals surface area contributed by atoms with Crippen molar-refractivity contribution >= 4 is 5.91 Å². The number of carbonyl (C=O) groups is 1. The smallest absolute Gasteiger partial charge is 0.278 e. The molecule has 0 atom stereocenters. The van der Waals surface area contributed by atoms with Crippen LogP contribution in [-0.4, -0.2) is 13.0 Å². The molecule has 0 fully saturated rings. The largest absolute Gasteiger partial charge is 0.472 e. The van der Waals surface area contributed by atoms with Gasteiger partial charge in [-0.15, -0.1) is 0 Å². The van der Waals surface area contributed by atoms with E-state index >= 15 is 0 Å². The molecule has 4 nitrogen and oxygen atoms in total. The molecular formula is C6H7NO3. The van der Waals surface area contributed by atoms with Crippen LogP contribution < -0.4 is 5.48 Å². The van der Waals surface area contributed by atoms with E-state index in [0.29, 0.717) is 5.56 Å². The number of amides is 1. The Labute approximate surface area is 57.7 Å². The van der Waals surface area contributed by atoms with Gasteiger partial charge in [0.05, 0.1) is 18.9 Å². The van der Waals surface area contributed by atoms with E-state index in [1.807, 2.05) is 0 Å². The van der Waals surface area contributed by atoms with Crippen molar-refractivity contribution in [1.82, 2.24) is 5.48 Å². The lowest BCUT2D eigenvalue weighted by molar-refractivity contribution is 0.0537. The lowest BCUT2D eigenvalue weighted by Gasteiger charge is -1.95. The van der Waals surface area contributed by atoms with Gasteiger partial charge in [-0.05, 0) is 6.07 Å². The first-order valence-electron chi connectivity index (χ1n) is 2.70. The summed E-state index contributed by atoms with van der Waals surface area (Å²) in [5.74, 6) is -0.309. The van der Waals surface area contributed by atoms with Crippen LogP contribution in [0.4, 0.5) is 0 Å². The summed E-state index contributed by atoms with van der Waals surface area (Å²) in [6.07, 6.45) is 2.76. The third-order valence-corrected chi connectivity index (χ3v) is 0.978. The van der Waals surface area contributed by atoms with E-state index in [1.54, 1.807) is 6.07 Å². The summed E-state index contributed by atoms with van der Waals surface area (Å²) in [5.41, 5.74) is 2.60. The van der Waals surface area contributed by atoms with Gasteiger partial charge < -0.3 is 4.42 Å². The summed E-state index contributed by atoms with van der Waals surface area (Å²) in [6, 6.07) is 1.55. The topological polar surface area (TPSA) is 51.5 Å². The van der Waals surface area contributed by atoms with Crippen molar-refractivity contribution in [1.29, 1.82) is 0 Å². The molecule has 10 heavy (non-hydrogen) atoms. The minimum absolute atomic E-state index is 0.309. The maximum atomic E-state index is 10.8. The minimum atomic E-state index is -0.309. The van der Waals surface area contributed by atoms with E-state index in [0.717, 1.165) is 0 Å². The summed E-state index contributed by atoms with van der Waals surface area (Å²) < 4.78 is 4.67. The molecule has 1 amide bonds. The molecule has 0 radical (unpaired) electrons. The van der Waals surface area contributed by atoms with Crippen LogP contribution in [0.3, 0.4) is 0 Å². The summed E-state index contributed by atoms with van der Waals surface area (Å²) in [6.45, 7) is 0. The minimum Gasteiger partial charge on any atom is -0.472 e. The molecule has 54 valence electrons. The highest BCUT2D eigenvalue weighted by molar-refractivity contribution is 5.92. The molecule has 1 rings (SSSR count). The molecule has 0 bridgehead atoms. The first kappa shape index (κ1) is 6.82. The summed E-state index contributed by atoms with van der Waals surface area (Å²) in [4.78, 5) is 15.2. The first-order valence-corrected chi connectivity index (χ1v) is 2.70. The number of hydrogen-bond acceptors (Lipinski definition) is 3. The Balaban J connectivity index is 2.59. The van der Waals surface area contributed by atoms with Crippen molar-refractivity contribution in [2.75, 3.05) is 7.11 Å². The van der Waals surface area contributed by atoms with Crippen molar-refractivity contribution in [3.05, 3.63) is 24.2 Å². The highest BCUT2D eigenvalue weighted by atomic mass is 16.6. The van der Waals surface area contributed by atoms with Crippen LogP contribution in [-0.2, 0) is 4.84 Å². The van der Waals surface area contributed by atoms with Crippen LogP contribution in [0.5, 0.6) is 0 Å². The van der Waals surface area contributed by atoms with E-state index in [-0.39, 0.29) is 5.91 Å². The van der Waals surface area contributed by atoms with Crippen LogP contribution in [0.25, 0.3) is 0 Å². The Morgan fingerprint density at radius 3 is 3.10 bits per heavy atom. The number of nitrogens with one attached hydrogen (secondary N) is 1. The van der Waals surface area contributed by atoms with Gasteiger partial charge >= 0.3 is 0 Å². The number of carbonyl (C=O) groups excluding carboxylic acids is 1. The molecule has 1 N–H and O–H groups in total. The van der Waals surface area contributed by atoms with Gasteiger partial charge in [0.1, 0.15) is 6.26 Å². The predicted molar refractivity (Wildman–Crippen MR) is 33.2 cm³/mol. The number of hydrogen-bond donors (Lipinski definition) is 1. The van der Waals surface area contributed by atoms with E-state index in [2.05, 4.69) is 14.7 Å².